The Morgan fingerprint density at radius 3 is 2.69 bits per heavy atom. The number of hydrogen-bond donors (Lipinski definition) is 1. The zero-order valence-electron chi connectivity index (χ0n) is 16.0. The Hall–Kier alpha value is -0.0900. The minimum Gasteiger partial charge on any atom is -0.381 e. The van der Waals surface area contributed by atoms with Gasteiger partial charge in [-0.05, 0) is 42.9 Å². The fourth-order valence-corrected chi connectivity index (χ4v) is 5.96. The number of aliphatic imine (C=N–C) groups is 1. The van der Waals surface area contributed by atoms with E-state index >= 15 is 0 Å². The number of halogens is 1. The van der Waals surface area contributed by atoms with E-state index < -0.39 is 9.84 Å². The predicted octanol–water partition coefficient (Wildman–Crippen LogP) is 2.00. The van der Waals surface area contributed by atoms with Gasteiger partial charge < -0.3 is 15.0 Å². The molecule has 6 nitrogen and oxygen atoms in total. The van der Waals surface area contributed by atoms with Crippen molar-refractivity contribution in [2.45, 2.75) is 33.1 Å². The molecule has 0 saturated carbocycles. The molecule has 3 fully saturated rings. The molecule has 3 heterocycles. The Morgan fingerprint density at radius 2 is 2.08 bits per heavy atom. The molecule has 0 bridgehead atoms. The molecule has 3 unspecified atom stereocenters. The number of rotatable bonds is 5. The average molecular weight is 499 g/mol. The van der Waals surface area contributed by atoms with Crippen molar-refractivity contribution in [1.29, 1.82) is 0 Å². The largest absolute Gasteiger partial charge is 0.381 e. The number of ether oxygens (including phenoxy) is 1. The molecule has 26 heavy (non-hydrogen) atoms. The molecular weight excluding hydrogens is 465 g/mol. The molecule has 3 rings (SSSR count). The molecule has 0 spiro atoms. The molecule has 0 aromatic rings. The van der Waals surface area contributed by atoms with E-state index in [0.29, 0.717) is 35.8 Å². The van der Waals surface area contributed by atoms with Gasteiger partial charge in [0.1, 0.15) is 0 Å². The maximum Gasteiger partial charge on any atom is 0.193 e. The molecule has 0 aliphatic carbocycles. The van der Waals surface area contributed by atoms with Crippen LogP contribution in [-0.2, 0) is 14.6 Å². The van der Waals surface area contributed by atoms with E-state index in [0.717, 1.165) is 45.2 Å². The highest BCUT2D eigenvalue weighted by Crippen LogP contribution is 2.30. The first-order valence-corrected chi connectivity index (χ1v) is 11.6. The molecular formula is C18H34IN3O3S. The standard InChI is InChI=1S/C18H33N3O3S.HI/c1-14(2)9-19-18(20-10-15-5-8-25(22,23)13-15)21-6-3-16(11-21)17-4-7-24-12-17;/h14-17H,3-13H2,1-2H3,(H,19,20);1H. The maximum atomic E-state index is 11.7. The van der Waals surface area contributed by atoms with E-state index in [2.05, 4.69) is 24.1 Å². The third-order valence-electron chi connectivity index (χ3n) is 5.64. The van der Waals surface area contributed by atoms with Gasteiger partial charge in [-0.2, -0.15) is 0 Å². The summed E-state index contributed by atoms with van der Waals surface area (Å²) in [7, 11) is -2.82. The monoisotopic (exact) mass is 499 g/mol. The first-order chi connectivity index (χ1) is 11.9. The molecule has 8 heteroatoms. The molecule has 0 aromatic heterocycles. The van der Waals surface area contributed by atoms with E-state index in [4.69, 9.17) is 9.73 Å². The average Bonchev–Trinajstić information content (AvgIpc) is 3.26. The van der Waals surface area contributed by atoms with Crippen molar-refractivity contribution in [1.82, 2.24) is 10.2 Å². The molecule has 0 amide bonds. The van der Waals surface area contributed by atoms with Crippen LogP contribution in [0.5, 0.6) is 0 Å². The van der Waals surface area contributed by atoms with Crippen molar-refractivity contribution < 1.29 is 13.2 Å². The van der Waals surface area contributed by atoms with Crippen molar-refractivity contribution in [3.63, 3.8) is 0 Å². The Balaban J connectivity index is 0.00000243. The summed E-state index contributed by atoms with van der Waals surface area (Å²) in [5, 5.41) is 3.49. The van der Waals surface area contributed by atoms with Crippen LogP contribution in [0.4, 0.5) is 0 Å². The van der Waals surface area contributed by atoms with E-state index in [1.54, 1.807) is 0 Å². The van der Waals surface area contributed by atoms with Gasteiger partial charge in [0.15, 0.2) is 15.8 Å². The highest BCUT2D eigenvalue weighted by Gasteiger charge is 2.34. The van der Waals surface area contributed by atoms with Gasteiger partial charge in [-0.15, -0.1) is 24.0 Å². The second kappa shape index (κ2) is 9.91. The van der Waals surface area contributed by atoms with Gasteiger partial charge in [-0.25, -0.2) is 8.42 Å². The minimum absolute atomic E-state index is 0. The summed E-state index contributed by atoms with van der Waals surface area (Å²) in [4.78, 5) is 7.18. The van der Waals surface area contributed by atoms with Crippen LogP contribution in [0.15, 0.2) is 4.99 Å². The van der Waals surface area contributed by atoms with Crippen molar-refractivity contribution in [3.8, 4) is 0 Å². The lowest BCUT2D eigenvalue weighted by molar-refractivity contribution is 0.173. The van der Waals surface area contributed by atoms with Crippen LogP contribution in [0.2, 0.25) is 0 Å². The molecule has 152 valence electrons. The maximum absolute atomic E-state index is 11.7. The second-order valence-electron chi connectivity index (χ2n) is 8.33. The second-order valence-corrected chi connectivity index (χ2v) is 10.6. The van der Waals surface area contributed by atoms with Gasteiger partial charge in [-0.3, -0.25) is 4.99 Å². The molecule has 3 saturated heterocycles. The highest BCUT2D eigenvalue weighted by atomic mass is 127. The number of guanidine groups is 1. The van der Waals surface area contributed by atoms with Crippen LogP contribution >= 0.6 is 24.0 Å². The summed E-state index contributed by atoms with van der Waals surface area (Å²) in [6.07, 6.45) is 3.16. The van der Waals surface area contributed by atoms with Gasteiger partial charge >= 0.3 is 0 Å². The highest BCUT2D eigenvalue weighted by molar-refractivity contribution is 14.0. The first kappa shape index (κ1) is 22.2. The normalized spacial score (nSPS) is 31.4. The van der Waals surface area contributed by atoms with Crippen LogP contribution in [0.3, 0.4) is 0 Å². The van der Waals surface area contributed by atoms with Crippen molar-refractivity contribution in [3.05, 3.63) is 0 Å². The Labute approximate surface area is 175 Å². The van der Waals surface area contributed by atoms with Crippen molar-refractivity contribution >= 4 is 39.8 Å². The number of sulfone groups is 1. The van der Waals surface area contributed by atoms with Gasteiger partial charge in [0, 0.05) is 39.4 Å². The number of nitrogens with one attached hydrogen (secondary N) is 1. The van der Waals surface area contributed by atoms with E-state index in [9.17, 15) is 8.42 Å². The van der Waals surface area contributed by atoms with Crippen molar-refractivity contribution in [2.24, 2.45) is 28.7 Å². The van der Waals surface area contributed by atoms with Crippen molar-refractivity contribution in [2.75, 3.05) is 50.9 Å². The Bertz CT molecular complexity index is 576. The SMILES string of the molecule is CC(C)CN=C(NCC1CCS(=O)(=O)C1)N1CCC(C2CCOC2)C1.I. The van der Waals surface area contributed by atoms with E-state index in [1.165, 1.54) is 12.8 Å². The Kier molecular flexibility index (Phi) is 8.46. The molecule has 3 aliphatic heterocycles. The summed E-state index contributed by atoms with van der Waals surface area (Å²) >= 11 is 0. The molecule has 1 N–H and O–H groups in total. The number of nitrogens with zero attached hydrogens (tertiary/aromatic N) is 2. The Morgan fingerprint density at radius 1 is 1.27 bits per heavy atom. The zero-order valence-corrected chi connectivity index (χ0v) is 19.2. The minimum atomic E-state index is -2.82. The third-order valence-corrected chi connectivity index (χ3v) is 7.47. The summed E-state index contributed by atoms with van der Waals surface area (Å²) in [5.41, 5.74) is 0. The number of hydrogen-bond acceptors (Lipinski definition) is 4. The topological polar surface area (TPSA) is 71.0 Å². The van der Waals surface area contributed by atoms with Crippen LogP contribution in [0.25, 0.3) is 0 Å². The molecule has 0 radical (unpaired) electrons. The fourth-order valence-electron chi connectivity index (χ4n) is 4.09. The van der Waals surface area contributed by atoms with Gasteiger partial charge in [0.05, 0.1) is 11.5 Å². The summed E-state index contributed by atoms with van der Waals surface area (Å²) in [5.74, 6) is 3.75. The van der Waals surface area contributed by atoms with Gasteiger partial charge in [0.2, 0.25) is 0 Å². The molecule has 0 aromatic carbocycles. The summed E-state index contributed by atoms with van der Waals surface area (Å²) in [6.45, 7) is 9.76. The van der Waals surface area contributed by atoms with Gasteiger partial charge in [-0.1, -0.05) is 13.8 Å². The lowest BCUT2D eigenvalue weighted by Crippen LogP contribution is -2.43. The van der Waals surface area contributed by atoms with Gasteiger partial charge in [0.25, 0.3) is 0 Å². The first-order valence-electron chi connectivity index (χ1n) is 9.74. The third kappa shape index (κ3) is 6.22. The summed E-state index contributed by atoms with van der Waals surface area (Å²) in [6, 6.07) is 0. The van der Waals surface area contributed by atoms with Crippen LogP contribution in [-0.4, -0.2) is 70.2 Å². The number of likely N-dealkylation sites (tertiary alicyclic amines) is 1. The van der Waals surface area contributed by atoms with Crippen LogP contribution in [0.1, 0.15) is 33.1 Å². The molecule has 3 aliphatic rings. The van der Waals surface area contributed by atoms with E-state index in [-0.39, 0.29) is 29.9 Å². The lowest BCUT2D eigenvalue weighted by Gasteiger charge is -2.24. The van der Waals surface area contributed by atoms with Crippen LogP contribution < -0.4 is 5.32 Å². The summed E-state index contributed by atoms with van der Waals surface area (Å²) < 4.78 is 28.9. The quantitative estimate of drug-likeness (QED) is 0.356. The smallest absolute Gasteiger partial charge is 0.193 e. The molecule has 3 atom stereocenters. The van der Waals surface area contributed by atoms with E-state index in [1.807, 2.05) is 0 Å². The predicted molar refractivity (Wildman–Crippen MR) is 116 cm³/mol. The zero-order chi connectivity index (χ0) is 17.9. The fraction of sp³-hybridized carbons (Fsp3) is 0.944. The lowest BCUT2D eigenvalue weighted by atomic mass is 9.91. The van der Waals surface area contributed by atoms with Crippen LogP contribution in [0, 0.1) is 23.7 Å².